The number of nitrogens with one attached hydrogen (secondary N) is 2. The number of carbonyl (C=O) groups is 1. The SMILES string of the molecule is CCN(C(=O)Nc1ccccc1)c1ccc2c(c1)C(=Cc1cnc[nH]1)CCO2. The maximum atomic E-state index is 12.8. The van der Waals surface area contributed by atoms with Crippen LogP contribution in [0, 0.1) is 0 Å². The van der Waals surface area contributed by atoms with Crippen molar-refractivity contribution in [3.63, 3.8) is 0 Å². The lowest BCUT2D eigenvalue weighted by Crippen LogP contribution is -2.34. The van der Waals surface area contributed by atoms with E-state index in [1.165, 1.54) is 0 Å². The maximum Gasteiger partial charge on any atom is 0.326 e. The Labute approximate surface area is 163 Å². The minimum absolute atomic E-state index is 0.163. The number of rotatable bonds is 4. The highest BCUT2D eigenvalue weighted by Crippen LogP contribution is 2.36. The van der Waals surface area contributed by atoms with Gasteiger partial charge in [0.1, 0.15) is 5.75 Å². The number of benzene rings is 2. The number of fused-ring (bicyclic) bond motifs is 1. The minimum atomic E-state index is -0.163. The fourth-order valence-electron chi connectivity index (χ4n) is 3.31. The normalized spacial score (nSPS) is 14.2. The summed E-state index contributed by atoms with van der Waals surface area (Å²) in [6.07, 6.45) is 6.34. The molecule has 0 radical (unpaired) electrons. The number of hydrogen-bond acceptors (Lipinski definition) is 3. The molecule has 1 aliphatic heterocycles. The van der Waals surface area contributed by atoms with Gasteiger partial charge in [-0.1, -0.05) is 18.2 Å². The van der Waals surface area contributed by atoms with Gasteiger partial charge in [0.15, 0.2) is 0 Å². The summed E-state index contributed by atoms with van der Waals surface area (Å²) in [7, 11) is 0. The van der Waals surface area contributed by atoms with Crippen molar-refractivity contribution in [2.75, 3.05) is 23.4 Å². The third-order valence-electron chi connectivity index (χ3n) is 4.69. The number of aromatic nitrogens is 2. The highest BCUT2D eigenvalue weighted by molar-refractivity contribution is 6.02. The van der Waals surface area contributed by atoms with E-state index in [0.717, 1.165) is 40.4 Å². The number of anilines is 2. The number of urea groups is 1. The molecule has 1 aliphatic rings. The van der Waals surface area contributed by atoms with Crippen LogP contribution in [0.1, 0.15) is 24.6 Å². The van der Waals surface area contributed by atoms with E-state index < -0.39 is 0 Å². The number of hydrogen-bond donors (Lipinski definition) is 2. The molecule has 2 heterocycles. The smallest absolute Gasteiger partial charge is 0.326 e. The van der Waals surface area contributed by atoms with E-state index in [-0.39, 0.29) is 6.03 Å². The van der Waals surface area contributed by atoms with Gasteiger partial charge in [0.25, 0.3) is 0 Å². The molecule has 6 nitrogen and oxygen atoms in total. The lowest BCUT2D eigenvalue weighted by molar-refractivity contribution is 0.257. The van der Waals surface area contributed by atoms with Gasteiger partial charge in [-0.2, -0.15) is 0 Å². The fraction of sp³-hybridized carbons (Fsp3) is 0.182. The monoisotopic (exact) mass is 374 g/mol. The van der Waals surface area contributed by atoms with Crippen LogP contribution in [0.3, 0.4) is 0 Å². The number of nitrogens with zero attached hydrogens (tertiary/aromatic N) is 2. The van der Waals surface area contributed by atoms with Gasteiger partial charge in [-0.3, -0.25) is 4.90 Å². The zero-order valence-electron chi connectivity index (χ0n) is 15.7. The molecule has 2 amide bonds. The third-order valence-corrected chi connectivity index (χ3v) is 4.69. The number of H-pyrrole nitrogens is 1. The van der Waals surface area contributed by atoms with Crippen molar-refractivity contribution >= 4 is 29.1 Å². The van der Waals surface area contributed by atoms with E-state index in [1.54, 1.807) is 17.4 Å². The van der Waals surface area contributed by atoms with Crippen LogP contribution in [-0.4, -0.2) is 29.2 Å². The summed E-state index contributed by atoms with van der Waals surface area (Å²) in [4.78, 5) is 21.7. The van der Waals surface area contributed by atoms with Crippen LogP contribution in [0.25, 0.3) is 11.6 Å². The van der Waals surface area contributed by atoms with E-state index in [0.29, 0.717) is 13.2 Å². The van der Waals surface area contributed by atoms with Crippen molar-refractivity contribution in [2.45, 2.75) is 13.3 Å². The van der Waals surface area contributed by atoms with Crippen LogP contribution >= 0.6 is 0 Å². The zero-order valence-corrected chi connectivity index (χ0v) is 15.7. The predicted octanol–water partition coefficient (Wildman–Crippen LogP) is 4.79. The Hall–Kier alpha value is -3.54. The Morgan fingerprint density at radius 2 is 2.14 bits per heavy atom. The van der Waals surface area contributed by atoms with Crippen LogP contribution in [0.2, 0.25) is 0 Å². The molecule has 0 spiro atoms. The van der Waals surface area contributed by atoms with E-state index >= 15 is 0 Å². The highest BCUT2D eigenvalue weighted by Gasteiger charge is 2.20. The average molecular weight is 374 g/mol. The van der Waals surface area contributed by atoms with Gasteiger partial charge < -0.3 is 15.0 Å². The van der Waals surface area contributed by atoms with Crippen molar-refractivity contribution in [3.8, 4) is 5.75 Å². The van der Waals surface area contributed by atoms with E-state index in [9.17, 15) is 4.79 Å². The van der Waals surface area contributed by atoms with Gasteiger partial charge in [-0.15, -0.1) is 0 Å². The first-order valence-electron chi connectivity index (χ1n) is 9.34. The quantitative estimate of drug-likeness (QED) is 0.690. The standard InChI is InChI=1S/C22H22N4O2/c1-2-26(22(27)25-17-6-4-3-5-7-17)19-8-9-21-20(13-19)16(10-11-28-21)12-18-14-23-15-24-18/h3-9,12-15H,2,10-11H2,1H3,(H,23,24)(H,25,27). The van der Waals surface area contributed by atoms with Gasteiger partial charge in [-0.25, -0.2) is 9.78 Å². The minimum Gasteiger partial charge on any atom is -0.493 e. The molecule has 6 heteroatoms. The second-order valence-electron chi connectivity index (χ2n) is 6.50. The van der Waals surface area contributed by atoms with Crippen molar-refractivity contribution < 1.29 is 9.53 Å². The van der Waals surface area contributed by atoms with Crippen molar-refractivity contribution in [3.05, 3.63) is 72.3 Å². The Kier molecular flexibility index (Phi) is 5.10. The second kappa shape index (κ2) is 8.00. The second-order valence-corrected chi connectivity index (χ2v) is 6.50. The largest absolute Gasteiger partial charge is 0.493 e. The molecule has 2 N–H and O–H groups in total. The van der Waals surface area contributed by atoms with Gasteiger partial charge in [0.05, 0.1) is 24.8 Å². The third kappa shape index (κ3) is 3.76. The molecule has 0 aliphatic carbocycles. The summed E-state index contributed by atoms with van der Waals surface area (Å²) < 4.78 is 5.81. The molecule has 3 aromatic rings. The highest BCUT2D eigenvalue weighted by atomic mass is 16.5. The molecule has 0 saturated carbocycles. The number of carbonyl (C=O) groups excluding carboxylic acids is 1. The molecule has 0 atom stereocenters. The molecular weight excluding hydrogens is 352 g/mol. The Balaban J connectivity index is 1.63. The van der Waals surface area contributed by atoms with Crippen LogP contribution in [0.4, 0.5) is 16.2 Å². The molecule has 0 bridgehead atoms. The molecule has 1 aromatic heterocycles. The lowest BCUT2D eigenvalue weighted by Gasteiger charge is -2.25. The number of para-hydroxylation sites is 1. The van der Waals surface area contributed by atoms with E-state index in [1.807, 2.05) is 55.5 Å². The Bertz CT molecular complexity index is 981. The molecule has 142 valence electrons. The molecule has 4 rings (SSSR count). The number of ether oxygens (including phenoxy) is 1. The van der Waals surface area contributed by atoms with Crippen LogP contribution in [-0.2, 0) is 0 Å². The van der Waals surface area contributed by atoms with E-state index in [4.69, 9.17) is 4.74 Å². The van der Waals surface area contributed by atoms with Crippen molar-refractivity contribution in [2.24, 2.45) is 0 Å². The Morgan fingerprint density at radius 3 is 2.89 bits per heavy atom. The maximum absolute atomic E-state index is 12.8. The zero-order chi connectivity index (χ0) is 19.3. The predicted molar refractivity (Wildman–Crippen MR) is 111 cm³/mol. The first-order valence-corrected chi connectivity index (χ1v) is 9.34. The first kappa shape index (κ1) is 17.9. The van der Waals surface area contributed by atoms with Crippen LogP contribution < -0.4 is 15.0 Å². The fourth-order valence-corrected chi connectivity index (χ4v) is 3.31. The van der Waals surface area contributed by atoms with Gasteiger partial charge in [0.2, 0.25) is 0 Å². The summed E-state index contributed by atoms with van der Waals surface area (Å²) in [5.74, 6) is 0.834. The topological polar surface area (TPSA) is 70.2 Å². The van der Waals surface area contributed by atoms with Crippen molar-refractivity contribution in [1.82, 2.24) is 9.97 Å². The van der Waals surface area contributed by atoms with Gasteiger partial charge in [-0.05, 0) is 48.9 Å². The average Bonchev–Trinajstić information content (AvgIpc) is 3.23. The number of amides is 2. The number of aromatic amines is 1. The summed E-state index contributed by atoms with van der Waals surface area (Å²) >= 11 is 0. The summed E-state index contributed by atoms with van der Waals surface area (Å²) in [5.41, 5.74) is 4.71. The van der Waals surface area contributed by atoms with Gasteiger partial charge >= 0.3 is 6.03 Å². The molecule has 0 saturated heterocycles. The number of imidazole rings is 1. The lowest BCUT2D eigenvalue weighted by atomic mass is 9.98. The first-order chi connectivity index (χ1) is 13.7. The van der Waals surface area contributed by atoms with Crippen molar-refractivity contribution in [1.29, 1.82) is 0 Å². The molecular formula is C22H22N4O2. The summed E-state index contributed by atoms with van der Waals surface area (Å²) in [6, 6.07) is 15.2. The molecule has 28 heavy (non-hydrogen) atoms. The molecule has 2 aromatic carbocycles. The summed E-state index contributed by atoms with van der Waals surface area (Å²) in [6.45, 7) is 3.15. The molecule has 0 fully saturated rings. The summed E-state index contributed by atoms with van der Waals surface area (Å²) in [5, 5.41) is 2.95. The van der Waals surface area contributed by atoms with Gasteiger partial charge in [0, 0.05) is 29.9 Å². The Morgan fingerprint density at radius 1 is 1.29 bits per heavy atom. The molecule has 0 unspecified atom stereocenters. The van der Waals surface area contributed by atoms with E-state index in [2.05, 4.69) is 21.4 Å². The van der Waals surface area contributed by atoms with Crippen LogP contribution in [0.5, 0.6) is 5.75 Å². The van der Waals surface area contributed by atoms with Crippen LogP contribution in [0.15, 0.2) is 61.1 Å².